The van der Waals surface area contributed by atoms with Crippen LogP contribution in [0.1, 0.15) is 43.5 Å². The molecule has 4 rings (SSSR count). The van der Waals surface area contributed by atoms with Gasteiger partial charge < -0.3 is 9.47 Å². The Morgan fingerprint density at radius 1 is 1.20 bits per heavy atom. The topological polar surface area (TPSA) is 69.9 Å². The molecule has 0 fully saturated rings. The molecule has 0 amide bonds. The number of fused-ring (bicyclic) bond motifs is 1. The maximum absolute atomic E-state index is 13.7. The van der Waals surface area contributed by atoms with Crippen LogP contribution in [0, 0.1) is 10.5 Å². The van der Waals surface area contributed by atoms with Gasteiger partial charge in [0.05, 0.1) is 43.1 Å². The zero-order valence-corrected chi connectivity index (χ0v) is 24.3. The Morgan fingerprint density at radius 3 is 2.54 bits per heavy atom. The summed E-state index contributed by atoms with van der Waals surface area (Å²) in [6.07, 6.45) is 1.85. The number of carbonyl (C=O) groups excluding carboxylic acids is 1. The number of aryl methyl sites for hydroxylation is 1. The van der Waals surface area contributed by atoms with E-state index < -0.39 is 12.0 Å². The summed E-state index contributed by atoms with van der Waals surface area (Å²) >= 11 is 7.11. The molecule has 1 aromatic heterocycles. The van der Waals surface area contributed by atoms with E-state index in [1.54, 1.807) is 18.4 Å². The molecular formula is C26H24BrIN2O4S. The van der Waals surface area contributed by atoms with Crippen LogP contribution in [0.15, 0.2) is 61.9 Å². The highest BCUT2D eigenvalue weighted by Crippen LogP contribution is 2.33. The van der Waals surface area contributed by atoms with Crippen molar-refractivity contribution < 1.29 is 14.3 Å². The fraction of sp³-hybridized carbons (Fsp3) is 0.269. The van der Waals surface area contributed by atoms with Crippen LogP contribution in [0.2, 0.25) is 0 Å². The van der Waals surface area contributed by atoms with Gasteiger partial charge in [0.25, 0.3) is 5.56 Å². The molecule has 2 heterocycles. The van der Waals surface area contributed by atoms with Gasteiger partial charge in [-0.05, 0) is 95.6 Å². The molecule has 0 aliphatic carbocycles. The van der Waals surface area contributed by atoms with E-state index in [-0.39, 0.29) is 12.2 Å². The molecule has 6 nitrogen and oxygen atoms in total. The third-order valence-corrected chi connectivity index (χ3v) is 7.89. The van der Waals surface area contributed by atoms with Gasteiger partial charge in [-0.2, -0.15) is 0 Å². The van der Waals surface area contributed by atoms with Gasteiger partial charge in [0.2, 0.25) is 0 Å². The first-order valence-corrected chi connectivity index (χ1v) is 13.8. The molecule has 0 bridgehead atoms. The predicted molar refractivity (Wildman–Crippen MR) is 150 cm³/mol. The standard InChI is InChI=1S/C26H24BrIN2O4S/c1-5-33-23-18(27)11-16(12-19(23)28)13-20-24(31)30-22(17-9-7-14(3)8-10-17)21(25(32)34-6-2)15(4)29-26(30)35-20/h7-13,22H,5-6H2,1-4H3/b20-13+/t22-/m1/s1. The summed E-state index contributed by atoms with van der Waals surface area (Å²) in [4.78, 5) is 31.9. The van der Waals surface area contributed by atoms with Crippen LogP contribution in [0.25, 0.3) is 6.08 Å². The molecule has 0 N–H and O–H groups in total. The first-order chi connectivity index (χ1) is 16.7. The number of hydrogen-bond donors (Lipinski definition) is 0. The highest BCUT2D eigenvalue weighted by molar-refractivity contribution is 14.1. The van der Waals surface area contributed by atoms with Gasteiger partial charge in [0.1, 0.15) is 5.75 Å². The number of nitrogens with zero attached hydrogens (tertiary/aromatic N) is 2. The molecule has 1 atom stereocenters. The molecule has 0 saturated carbocycles. The molecule has 3 aromatic rings. The lowest BCUT2D eigenvalue weighted by Gasteiger charge is -2.24. The average molecular weight is 667 g/mol. The number of allylic oxidation sites excluding steroid dienone is 1. The number of ether oxygens (including phenoxy) is 2. The molecule has 2 aromatic carbocycles. The molecule has 9 heteroatoms. The van der Waals surface area contributed by atoms with Gasteiger partial charge in [-0.15, -0.1) is 0 Å². The number of halogens is 2. The van der Waals surface area contributed by atoms with E-state index in [1.165, 1.54) is 11.3 Å². The molecule has 1 aliphatic heterocycles. The molecule has 182 valence electrons. The maximum atomic E-state index is 13.7. The van der Waals surface area contributed by atoms with Crippen molar-refractivity contribution in [1.82, 2.24) is 4.57 Å². The molecule has 1 aliphatic rings. The van der Waals surface area contributed by atoms with E-state index >= 15 is 0 Å². The number of thiazole rings is 1. The maximum Gasteiger partial charge on any atom is 0.338 e. The van der Waals surface area contributed by atoms with Crippen molar-refractivity contribution in [3.8, 4) is 5.75 Å². The lowest BCUT2D eigenvalue weighted by Crippen LogP contribution is -2.39. The Labute approximate surface area is 229 Å². The Bertz CT molecular complexity index is 1480. The minimum atomic E-state index is -0.611. The summed E-state index contributed by atoms with van der Waals surface area (Å²) in [6.45, 7) is 8.30. The summed E-state index contributed by atoms with van der Waals surface area (Å²) in [5.74, 6) is 0.319. The third kappa shape index (κ3) is 5.17. The van der Waals surface area contributed by atoms with Crippen LogP contribution in [0.3, 0.4) is 0 Å². The summed E-state index contributed by atoms with van der Waals surface area (Å²) < 4.78 is 15.0. The van der Waals surface area contributed by atoms with Crippen LogP contribution < -0.4 is 19.6 Å². The van der Waals surface area contributed by atoms with Crippen molar-refractivity contribution in [3.63, 3.8) is 0 Å². The Balaban J connectivity index is 1.91. The highest BCUT2D eigenvalue weighted by Gasteiger charge is 2.33. The second-order valence-corrected chi connectivity index (χ2v) is 11.0. The first-order valence-electron chi connectivity index (χ1n) is 11.1. The van der Waals surface area contributed by atoms with E-state index in [0.717, 1.165) is 30.5 Å². The summed E-state index contributed by atoms with van der Waals surface area (Å²) in [5, 5.41) is 0. The molecule has 0 spiro atoms. The lowest BCUT2D eigenvalue weighted by molar-refractivity contribution is -0.139. The van der Waals surface area contributed by atoms with Crippen molar-refractivity contribution in [3.05, 3.63) is 92.1 Å². The van der Waals surface area contributed by atoms with Gasteiger partial charge in [0.15, 0.2) is 4.80 Å². The second-order valence-electron chi connectivity index (χ2n) is 7.96. The summed E-state index contributed by atoms with van der Waals surface area (Å²) in [6, 6.07) is 11.1. The summed E-state index contributed by atoms with van der Waals surface area (Å²) in [7, 11) is 0. The molecular weight excluding hydrogens is 643 g/mol. The SMILES string of the molecule is CCOC(=O)C1=C(C)N=c2s/c(=C/c3cc(Br)c(OCC)c(I)c3)c(=O)n2[C@@H]1c1ccc(C)cc1. The van der Waals surface area contributed by atoms with Crippen LogP contribution in [0.5, 0.6) is 5.75 Å². The van der Waals surface area contributed by atoms with E-state index in [4.69, 9.17) is 9.47 Å². The van der Waals surface area contributed by atoms with Crippen molar-refractivity contribution in [2.45, 2.75) is 33.7 Å². The first kappa shape index (κ1) is 25.8. The molecule has 0 saturated heterocycles. The van der Waals surface area contributed by atoms with Crippen molar-refractivity contribution in [1.29, 1.82) is 0 Å². The summed E-state index contributed by atoms with van der Waals surface area (Å²) in [5.41, 5.74) is 3.53. The molecule has 35 heavy (non-hydrogen) atoms. The van der Waals surface area contributed by atoms with E-state index in [2.05, 4.69) is 43.5 Å². The van der Waals surface area contributed by atoms with Gasteiger partial charge >= 0.3 is 5.97 Å². The molecule has 0 unspecified atom stereocenters. The minimum absolute atomic E-state index is 0.200. The van der Waals surface area contributed by atoms with E-state index in [1.807, 2.05) is 56.3 Å². The second kappa shape index (κ2) is 10.8. The Hall–Kier alpha value is -2.24. The number of esters is 1. The number of rotatable bonds is 6. The van der Waals surface area contributed by atoms with Crippen LogP contribution in [0.4, 0.5) is 0 Å². The fourth-order valence-electron chi connectivity index (χ4n) is 3.95. The minimum Gasteiger partial charge on any atom is -0.492 e. The normalized spacial score (nSPS) is 15.6. The Morgan fingerprint density at radius 2 is 1.91 bits per heavy atom. The van der Waals surface area contributed by atoms with Gasteiger partial charge in [-0.1, -0.05) is 41.2 Å². The average Bonchev–Trinajstić information content (AvgIpc) is 3.10. The van der Waals surface area contributed by atoms with E-state index in [0.29, 0.717) is 27.2 Å². The fourth-order valence-corrected chi connectivity index (χ4v) is 6.77. The van der Waals surface area contributed by atoms with Crippen LogP contribution in [-0.2, 0) is 9.53 Å². The zero-order valence-electron chi connectivity index (χ0n) is 19.7. The molecule has 0 radical (unpaired) electrons. The van der Waals surface area contributed by atoms with Gasteiger partial charge in [0, 0.05) is 0 Å². The zero-order chi connectivity index (χ0) is 25.3. The van der Waals surface area contributed by atoms with Gasteiger partial charge in [-0.3, -0.25) is 9.36 Å². The smallest absolute Gasteiger partial charge is 0.338 e. The van der Waals surface area contributed by atoms with Crippen LogP contribution >= 0.6 is 49.9 Å². The number of aromatic nitrogens is 1. The number of carbonyl (C=O) groups is 1. The number of hydrogen-bond acceptors (Lipinski definition) is 6. The largest absolute Gasteiger partial charge is 0.492 e. The predicted octanol–water partition coefficient (Wildman–Crippen LogP) is 4.87. The lowest BCUT2D eigenvalue weighted by atomic mass is 9.95. The van der Waals surface area contributed by atoms with Crippen molar-refractivity contribution >= 4 is 61.9 Å². The van der Waals surface area contributed by atoms with Crippen LogP contribution in [-0.4, -0.2) is 23.8 Å². The van der Waals surface area contributed by atoms with E-state index in [9.17, 15) is 9.59 Å². The quantitative estimate of drug-likeness (QED) is 0.278. The third-order valence-electron chi connectivity index (χ3n) is 5.52. The Kier molecular flexibility index (Phi) is 7.97. The number of benzene rings is 2. The van der Waals surface area contributed by atoms with Crippen molar-refractivity contribution in [2.75, 3.05) is 13.2 Å². The van der Waals surface area contributed by atoms with Crippen molar-refractivity contribution in [2.24, 2.45) is 4.99 Å². The van der Waals surface area contributed by atoms with Gasteiger partial charge in [-0.25, -0.2) is 9.79 Å². The monoisotopic (exact) mass is 666 g/mol. The highest BCUT2D eigenvalue weighted by atomic mass is 127.